The van der Waals surface area contributed by atoms with Gasteiger partial charge >= 0.3 is 0 Å². The Morgan fingerprint density at radius 2 is 1.86 bits per heavy atom. The SMILES string of the molecule is CCOc1ccc(NC(=O)c2cc(N)cc(N)c2)cc1Cl. The van der Waals surface area contributed by atoms with E-state index in [2.05, 4.69) is 5.32 Å². The van der Waals surface area contributed by atoms with Crippen LogP contribution in [0.3, 0.4) is 0 Å². The van der Waals surface area contributed by atoms with Crippen molar-refractivity contribution >= 4 is 34.6 Å². The molecule has 0 saturated heterocycles. The average Bonchev–Trinajstić information content (AvgIpc) is 2.41. The number of nitrogens with one attached hydrogen (secondary N) is 1. The van der Waals surface area contributed by atoms with E-state index < -0.39 is 0 Å². The fraction of sp³-hybridized carbons (Fsp3) is 0.133. The smallest absolute Gasteiger partial charge is 0.255 e. The van der Waals surface area contributed by atoms with Gasteiger partial charge in [-0.05, 0) is 43.3 Å². The van der Waals surface area contributed by atoms with E-state index >= 15 is 0 Å². The van der Waals surface area contributed by atoms with Crippen LogP contribution in [0.4, 0.5) is 17.1 Å². The molecule has 2 rings (SSSR count). The van der Waals surface area contributed by atoms with Crippen LogP contribution in [0, 0.1) is 0 Å². The Morgan fingerprint density at radius 1 is 1.19 bits per heavy atom. The Bertz CT molecular complexity index is 654. The molecule has 110 valence electrons. The zero-order valence-corrected chi connectivity index (χ0v) is 12.3. The highest BCUT2D eigenvalue weighted by Crippen LogP contribution is 2.28. The Kier molecular flexibility index (Phi) is 4.55. The van der Waals surface area contributed by atoms with Crippen molar-refractivity contribution in [2.75, 3.05) is 23.4 Å². The van der Waals surface area contributed by atoms with Gasteiger partial charge in [-0.25, -0.2) is 0 Å². The highest BCUT2D eigenvalue weighted by atomic mass is 35.5. The number of hydrogen-bond acceptors (Lipinski definition) is 4. The minimum Gasteiger partial charge on any atom is -0.492 e. The van der Waals surface area contributed by atoms with Gasteiger partial charge in [-0.3, -0.25) is 4.79 Å². The molecule has 0 unspecified atom stereocenters. The molecule has 0 spiro atoms. The highest BCUT2D eigenvalue weighted by Gasteiger charge is 2.09. The molecule has 0 bridgehead atoms. The first-order valence-corrected chi connectivity index (χ1v) is 6.77. The van der Waals surface area contributed by atoms with Crippen molar-refractivity contribution < 1.29 is 9.53 Å². The predicted molar refractivity (Wildman–Crippen MR) is 85.8 cm³/mol. The van der Waals surface area contributed by atoms with E-state index in [9.17, 15) is 4.79 Å². The number of rotatable bonds is 4. The summed E-state index contributed by atoms with van der Waals surface area (Å²) in [6.07, 6.45) is 0. The topological polar surface area (TPSA) is 90.4 Å². The summed E-state index contributed by atoms with van der Waals surface area (Å²) in [4.78, 5) is 12.1. The highest BCUT2D eigenvalue weighted by molar-refractivity contribution is 6.32. The molecular weight excluding hydrogens is 290 g/mol. The first-order valence-electron chi connectivity index (χ1n) is 6.39. The van der Waals surface area contributed by atoms with E-state index in [0.717, 1.165) is 0 Å². The van der Waals surface area contributed by atoms with Crippen LogP contribution in [0.15, 0.2) is 36.4 Å². The number of nitrogens with two attached hydrogens (primary N) is 2. The van der Waals surface area contributed by atoms with E-state index in [1.807, 2.05) is 6.92 Å². The first kappa shape index (κ1) is 15.0. The third-order valence-corrected chi connectivity index (χ3v) is 3.02. The maximum absolute atomic E-state index is 12.1. The van der Waals surface area contributed by atoms with Crippen LogP contribution in [-0.2, 0) is 0 Å². The standard InChI is InChI=1S/C15H16ClN3O2/c1-2-21-14-4-3-12(8-13(14)16)19-15(20)9-5-10(17)7-11(18)6-9/h3-8H,2,17-18H2,1H3,(H,19,20). The van der Waals surface area contributed by atoms with Gasteiger partial charge in [0, 0.05) is 22.6 Å². The minimum atomic E-state index is -0.311. The van der Waals surface area contributed by atoms with Gasteiger partial charge in [-0.15, -0.1) is 0 Å². The molecule has 0 aromatic heterocycles. The number of carbonyl (C=O) groups is 1. The maximum atomic E-state index is 12.1. The van der Waals surface area contributed by atoms with Crippen molar-refractivity contribution in [2.24, 2.45) is 0 Å². The van der Waals surface area contributed by atoms with Gasteiger partial charge < -0.3 is 21.5 Å². The summed E-state index contributed by atoms with van der Waals surface area (Å²) in [5, 5.41) is 3.16. The lowest BCUT2D eigenvalue weighted by atomic mass is 10.1. The predicted octanol–water partition coefficient (Wildman–Crippen LogP) is 3.16. The molecule has 5 N–H and O–H groups in total. The Labute approximate surface area is 127 Å². The van der Waals surface area contributed by atoms with Crippen LogP contribution < -0.4 is 21.5 Å². The summed E-state index contributed by atoms with van der Waals surface area (Å²) in [5.74, 6) is 0.264. The number of carbonyl (C=O) groups excluding carboxylic acids is 1. The largest absolute Gasteiger partial charge is 0.492 e. The van der Waals surface area contributed by atoms with Crippen LogP contribution in [0.25, 0.3) is 0 Å². The van der Waals surface area contributed by atoms with Gasteiger partial charge in [-0.2, -0.15) is 0 Å². The molecule has 0 saturated carbocycles. The van der Waals surface area contributed by atoms with Crippen LogP contribution >= 0.6 is 11.6 Å². The van der Waals surface area contributed by atoms with Crippen LogP contribution in [0.2, 0.25) is 5.02 Å². The van der Waals surface area contributed by atoms with E-state index in [1.165, 1.54) is 0 Å². The molecule has 2 aromatic carbocycles. The number of halogens is 1. The van der Waals surface area contributed by atoms with Gasteiger partial charge in [0.05, 0.1) is 11.6 Å². The fourth-order valence-corrected chi connectivity index (χ4v) is 2.10. The zero-order valence-electron chi connectivity index (χ0n) is 11.5. The molecule has 0 fully saturated rings. The molecule has 6 heteroatoms. The molecule has 1 amide bonds. The Balaban J connectivity index is 2.17. The van der Waals surface area contributed by atoms with Crippen LogP contribution in [0.5, 0.6) is 5.75 Å². The molecule has 2 aromatic rings. The average molecular weight is 306 g/mol. The monoisotopic (exact) mass is 305 g/mol. The van der Waals surface area contributed by atoms with Crippen LogP contribution in [-0.4, -0.2) is 12.5 Å². The molecule has 0 atom stereocenters. The molecule has 5 nitrogen and oxygen atoms in total. The first-order chi connectivity index (χ1) is 9.99. The fourth-order valence-electron chi connectivity index (χ4n) is 1.86. The van der Waals surface area contributed by atoms with Gasteiger partial charge in [0.15, 0.2) is 0 Å². The summed E-state index contributed by atoms with van der Waals surface area (Å²) in [6, 6.07) is 9.74. The second-order valence-electron chi connectivity index (χ2n) is 4.42. The van der Waals surface area contributed by atoms with Crippen molar-refractivity contribution in [2.45, 2.75) is 6.92 Å². The second kappa shape index (κ2) is 6.37. The molecule has 0 aliphatic heterocycles. The molecule has 21 heavy (non-hydrogen) atoms. The van der Waals surface area contributed by atoms with E-state index in [0.29, 0.717) is 40.0 Å². The maximum Gasteiger partial charge on any atom is 0.255 e. The number of benzene rings is 2. The Morgan fingerprint density at radius 3 is 2.43 bits per heavy atom. The number of amides is 1. The van der Waals surface area contributed by atoms with E-state index in [-0.39, 0.29) is 5.91 Å². The molecule has 0 aliphatic carbocycles. The van der Waals surface area contributed by atoms with E-state index in [1.54, 1.807) is 36.4 Å². The summed E-state index contributed by atoms with van der Waals surface area (Å²) in [6.45, 7) is 2.39. The molecule has 0 aliphatic rings. The third kappa shape index (κ3) is 3.79. The second-order valence-corrected chi connectivity index (χ2v) is 4.83. The summed E-state index contributed by atoms with van der Waals surface area (Å²) in [5.41, 5.74) is 13.2. The Hall–Kier alpha value is -2.40. The number of anilines is 3. The van der Waals surface area contributed by atoms with Crippen molar-refractivity contribution in [3.05, 3.63) is 47.0 Å². The van der Waals surface area contributed by atoms with Gasteiger partial charge in [-0.1, -0.05) is 11.6 Å². The third-order valence-electron chi connectivity index (χ3n) is 2.73. The molecule has 0 radical (unpaired) electrons. The van der Waals surface area contributed by atoms with Gasteiger partial charge in [0.1, 0.15) is 5.75 Å². The van der Waals surface area contributed by atoms with Crippen LogP contribution in [0.1, 0.15) is 17.3 Å². The van der Waals surface area contributed by atoms with E-state index in [4.69, 9.17) is 27.8 Å². The quantitative estimate of drug-likeness (QED) is 0.757. The summed E-state index contributed by atoms with van der Waals surface area (Å²) < 4.78 is 5.33. The lowest BCUT2D eigenvalue weighted by molar-refractivity contribution is 0.102. The zero-order chi connectivity index (χ0) is 15.4. The summed E-state index contributed by atoms with van der Waals surface area (Å²) >= 11 is 6.07. The lowest BCUT2D eigenvalue weighted by Gasteiger charge is -2.10. The summed E-state index contributed by atoms with van der Waals surface area (Å²) in [7, 11) is 0. The number of ether oxygens (including phenoxy) is 1. The van der Waals surface area contributed by atoms with Gasteiger partial charge in [0.2, 0.25) is 0 Å². The van der Waals surface area contributed by atoms with Gasteiger partial charge in [0.25, 0.3) is 5.91 Å². The number of hydrogen-bond donors (Lipinski definition) is 3. The van der Waals surface area contributed by atoms with Crippen molar-refractivity contribution in [1.82, 2.24) is 0 Å². The minimum absolute atomic E-state index is 0.311. The lowest BCUT2D eigenvalue weighted by Crippen LogP contribution is -2.12. The van der Waals surface area contributed by atoms with Crippen molar-refractivity contribution in [1.29, 1.82) is 0 Å². The number of nitrogen functional groups attached to an aromatic ring is 2. The molecular formula is C15H16ClN3O2. The normalized spacial score (nSPS) is 10.2. The molecule has 0 heterocycles. The van der Waals surface area contributed by atoms with Crippen molar-refractivity contribution in [3.63, 3.8) is 0 Å². The van der Waals surface area contributed by atoms with Crippen molar-refractivity contribution in [3.8, 4) is 5.75 Å².